The molecule has 0 spiro atoms. The van der Waals surface area contributed by atoms with Gasteiger partial charge in [0.25, 0.3) is 6.29 Å². The van der Waals surface area contributed by atoms with E-state index in [9.17, 15) is 19.5 Å². The monoisotopic (exact) mass is 1190 g/mol. The van der Waals surface area contributed by atoms with E-state index in [0.29, 0.717) is 17.4 Å². The second-order valence-corrected chi connectivity index (χ2v) is 25.5. The molecule has 0 fully saturated rings. The van der Waals surface area contributed by atoms with E-state index in [0.717, 1.165) is 70.6 Å². The van der Waals surface area contributed by atoms with Crippen LogP contribution in [0.2, 0.25) is 0 Å². The lowest BCUT2D eigenvalue weighted by Crippen LogP contribution is -2.40. The van der Waals surface area contributed by atoms with Crippen LogP contribution < -0.4 is 0 Å². The molecule has 0 amide bonds. The van der Waals surface area contributed by atoms with E-state index in [2.05, 4.69) is 86.8 Å². The van der Waals surface area contributed by atoms with Gasteiger partial charge in [0.1, 0.15) is 13.2 Å². The number of unbranched alkanes of at least 4 members (excludes halogenated alkanes) is 40. The fourth-order valence-corrected chi connectivity index (χ4v) is 10.5. The van der Waals surface area contributed by atoms with Crippen molar-refractivity contribution in [1.29, 1.82) is 0 Å². The molecule has 0 aromatic rings. The number of rotatable bonds is 67. The van der Waals surface area contributed by atoms with E-state index in [-0.39, 0.29) is 32.2 Å². The summed E-state index contributed by atoms with van der Waals surface area (Å²) in [5.41, 5.74) is 0. The minimum atomic E-state index is -1.51. The minimum Gasteiger partial charge on any atom is -0.477 e. The van der Waals surface area contributed by atoms with Crippen molar-refractivity contribution in [3.05, 3.63) is 72.9 Å². The Morgan fingerprint density at radius 2 is 0.671 bits per heavy atom. The molecule has 0 saturated carbocycles. The number of carboxylic acids is 1. The number of carboxylic acid groups (broad SMARTS) is 1. The number of likely N-dealkylation sites (N-methyl/N-ethyl adjacent to an activating group) is 1. The van der Waals surface area contributed by atoms with Crippen molar-refractivity contribution in [1.82, 2.24) is 0 Å². The predicted octanol–water partition coefficient (Wildman–Crippen LogP) is 22.5. The molecule has 9 heteroatoms. The molecule has 0 bridgehead atoms. The van der Waals surface area contributed by atoms with Gasteiger partial charge in [-0.2, -0.15) is 0 Å². The fraction of sp³-hybridized carbons (Fsp3) is 0.803. The van der Waals surface area contributed by atoms with Gasteiger partial charge in [-0.15, -0.1) is 0 Å². The van der Waals surface area contributed by atoms with Crippen molar-refractivity contribution in [3.8, 4) is 0 Å². The van der Waals surface area contributed by atoms with Gasteiger partial charge in [-0.1, -0.05) is 311 Å². The molecule has 1 N–H and O–H groups in total. The smallest absolute Gasteiger partial charge is 0.361 e. The molecule has 0 aliphatic rings. The first kappa shape index (κ1) is 81.7. The number of carbonyl (C=O) groups excluding carboxylic acids is 2. The van der Waals surface area contributed by atoms with Crippen molar-refractivity contribution in [2.45, 2.75) is 347 Å². The quantitative estimate of drug-likeness (QED) is 0.0211. The molecule has 0 saturated heterocycles. The van der Waals surface area contributed by atoms with Gasteiger partial charge in [-0.05, 0) is 83.5 Å². The maximum atomic E-state index is 12.9. The van der Waals surface area contributed by atoms with Crippen LogP contribution in [0.4, 0.5) is 0 Å². The molecule has 494 valence electrons. The second kappa shape index (κ2) is 66.7. The Labute approximate surface area is 526 Å². The lowest BCUT2D eigenvalue weighted by Gasteiger charge is -2.25. The van der Waals surface area contributed by atoms with E-state index < -0.39 is 24.3 Å². The van der Waals surface area contributed by atoms with E-state index in [1.165, 1.54) is 238 Å². The first-order valence-corrected chi connectivity index (χ1v) is 36.1. The first-order valence-electron chi connectivity index (χ1n) is 36.1. The van der Waals surface area contributed by atoms with E-state index in [4.69, 9.17) is 18.9 Å². The number of hydrogen-bond donors (Lipinski definition) is 1. The number of quaternary nitrogens is 1. The topological polar surface area (TPSA) is 108 Å². The van der Waals surface area contributed by atoms with E-state index in [1.54, 1.807) is 0 Å². The van der Waals surface area contributed by atoms with Gasteiger partial charge in [0.05, 0.1) is 34.4 Å². The van der Waals surface area contributed by atoms with Crippen molar-refractivity contribution in [2.75, 3.05) is 47.5 Å². The molecule has 0 heterocycles. The summed E-state index contributed by atoms with van der Waals surface area (Å²) in [6.07, 6.45) is 86.0. The largest absolute Gasteiger partial charge is 0.477 e. The first-order chi connectivity index (χ1) is 41.6. The summed E-state index contributed by atoms with van der Waals surface area (Å²) in [5, 5.41) is 9.75. The van der Waals surface area contributed by atoms with Gasteiger partial charge >= 0.3 is 17.9 Å². The maximum absolute atomic E-state index is 12.9. The molecule has 0 radical (unpaired) electrons. The summed E-state index contributed by atoms with van der Waals surface area (Å²) in [5.74, 6) is -1.99. The average molecular weight is 1190 g/mol. The number of carbonyl (C=O) groups is 3. The molecule has 0 aromatic heterocycles. The maximum Gasteiger partial charge on any atom is 0.361 e. The van der Waals surface area contributed by atoms with Gasteiger partial charge in [-0.25, -0.2) is 4.79 Å². The highest BCUT2D eigenvalue weighted by atomic mass is 16.7. The Morgan fingerprint density at radius 3 is 1.00 bits per heavy atom. The highest BCUT2D eigenvalue weighted by Gasteiger charge is 2.25. The molecule has 0 aliphatic carbocycles. The Bertz CT molecular complexity index is 1620. The van der Waals surface area contributed by atoms with Crippen LogP contribution in [0.25, 0.3) is 0 Å². The van der Waals surface area contributed by atoms with E-state index in [1.807, 2.05) is 21.1 Å². The zero-order chi connectivity index (χ0) is 61.9. The highest BCUT2D eigenvalue weighted by molar-refractivity contribution is 5.71. The second-order valence-electron chi connectivity index (χ2n) is 25.5. The summed E-state index contributed by atoms with van der Waals surface area (Å²) in [7, 11) is 5.99. The average Bonchev–Trinajstić information content (AvgIpc) is 3.48. The molecule has 0 rings (SSSR count). The number of ether oxygens (including phenoxy) is 4. The summed E-state index contributed by atoms with van der Waals surface area (Å²) >= 11 is 0. The number of nitrogens with zero attached hydrogens (tertiary/aromatic N) is 1. The lowest BCUT2D eigenvalue weighted by molar-refractivity contribution is -0.870. The Balaban J connectivity index is 4.05. The van der Waals surface area contributed by atoms with Crippen molar-refractivity contribution in [2.24, 2.45) is 0 Å². The van der Waals surface area contributed by atoms with Gasteiger partial charge in [-0.3, -0.25) is 9.59 Å². The molecule has 2 unspecified atom stereocenters. The molecule has 0 aromatic carbocycles. The lowest BCUT2D eigenvalue weighted by atomic mass is 10.0. The van der Waals surface area contributed by atoms with Gasteiger partial charge in [0.15, 0.2) is 6.10 Å². The summed E-state index contributed by atoms with van der Waals surface area (Å²) in [6.45, 7) is 4.80. The Hall–Kier alpha value is -3.27. The Morgan fingerprint density at radius 1 is 0.365 bits per heavy atom. The standard InChI is InChI=1S/C76H137NO8/c1-6-8-10-12-14-16-18-20-22-24-26-28-30-32-34-35-36-37-38-39-41-42-44-46-48-50-52-54-56-58-60-62-64-66-73(78)83-70-72(71-84-76(75(80)81)82-69-68-77(3,4)5)85-74(79)67-65-63-61-59-57-55-53-51-49-47-45-43-40-33-31-29-27-25-23-21-19-17-15-13-11-9-7-2/h9,11,15,17-18,20-21,23-24,26-27,29,72,76H,6-8,10,12-14,16,19,22,25,28,30-71H2,1-5H3/p+1/b11-9-,17-15-,20-18-,23-21-,26-24-,29-27-. The van der Waals surface area contributed by atoms with Crippen LogP contribution in [0.5, 0.6) is 0 Å². The van der Waals surface area contributed by atoms with Crippen LogP contribution in [0.1, 0.15) is 335 Å². The molecule has 85 heavy (non-hydrogen) atoms. The van der Waals surface area contributed by atoms with E-state index >= 15 is 0 Å². The normalized spacial score (nSPS) is 13.1. The number of aliphatic carboxylic acids is 1. The molecule has 2 atom stereocenters. The number of hydrogen-bond acceptors (Lipinski definition) is 7. The van der Waals surface area contributed by atoms with Crippen molar-refractivity contribution in [3.63, 3.8) is 0 Å². The van der Waals surface area contributed by atoms with Gasteiger partial charge in [0, 0.05) is 12.8 Å². The predicted molar refractivity (Wildman–Crippen MR) is 364 cm³/mol. The molecule has 0 aliphatic heterocycles. The summed E-state index contributed by atoms with van der Waals surface area (Å²) < 4.78 is 23.0. The van der Waals surface area contributed by atoms with Crippen molar-refractivity contribution < 1.29 is 42.9 Å². The minimum absolute atomic E-state index is 0.180. The van der Waals surface area contributed by atoms with Gasteiger partial charge in [0.2, 0.25) is 0 Å². The van der Waals surface area contributed by atoms with Crippen LogP contribution in [0.3, 0.4) is 0 Å². The highest BCUT2D eigenvalue weighted by Crippen LogP contribution is 2.18. The molecular formula is C76H138NO8+. The third kappa shape index (κ3) is 68.1. The zero-order valence-corrected chi connectivity index (χ0v) is 56.5. The molecule has 9 nitrogen and oxygen atoms in total. The summed E-state index contributed by atoms with van der Waals surface area (Å²) in [6, 6.07) is 0. The third-order valence-electron chi connectivity index (χ3n) is 15.9. The van der Waals surface area contributed by atoms with Crippen LogP contribution >= 0.6 is 0 Å². The number of allylic oxidation sites excluding steroid dienone is 12. The third-order valence-corrected chi connectivity index (χ3v) is 15.9. The van der Waals surface area contributed by atoms with Crippen LogP contribution in [0, 0.1) is 0 Å². The van der Waals surface area contributed by atoms with Crippen LogP contribution in [0.15, 0.2) is 72.9 Å². The van der Waals surface area contributed by atoms with Crippen LogP contribution in [-0.2, 0) is 33.3 Å². The summed E-state index contributed by atoms with van der Waals surface area (Å²) in [4.78, 5) is 37.6. The number of esters is 2. The Kier molecular flexibility index (Phi) is 64.1. The van der Waals surface area contributed by atoms with Crippen LogP contribution in [-0.4, -0.2) is 87.4 Å². The van der Waals surface area contributed by atoms with Gasteiger partial charge < -0.3 is 28.5 Å². The fourth-order valence-electron chi connectivity index (χ4n) is 10.5. The zero-order valence-electron chi connectivity index (χ0n) is 56.5. The SMILES string of the molecule is CC/C=C\C/C=C\C/C=C\C/C=C\CCCCCCCCCCCCCCCCC(=O)OC(COC(=O)CCCCCCCCCCCCCCCCCCCCCCC/C=C\C/C=C\CCCCCCC)COC(OCC[N+](C)(C)C)C(=O)O. The molecular weight excluding hydrogens is 1050 g/mol. The van der Waals surface area contributed by atoms with Crippen molar-refractivity contribution >= 4 is 17.9 Å².